The molecule has 3 aromatic rings. The number of amides is 1. The second kappa shape index (κ2) is 8.73. The Hall–Kier alpha value is -2.43. The molecule has 0 radical (unpaired) electrons. The van der Waals surface area contributed by atoms with Crippen LogP contribution in [0.4, 0.5) is 0 Å². The topological polar surface area (TPSA) is 92.8 Å². The lowest BCUT2D eigenvalue weighted by atomic mass is 9.97. The molecule has 1 fully saturated rings. The number of carbonyl (C=O) groups excluding carboxylic acids is 1. The zero-order valence-electron chi connectivity index (χ0n) is 18.5. The van der Waals surface area contributed by atoms with Crippen LogP contribution < -0.4 is 5.76 Å². The summed E-state index contributed by atoms with van der Waals surface area (Å²) in [5.41, 5.74) is 1.96. The highest BCUT2D eigenvalue weighted by atomic mass is 32.2. The molecule has 1 amide bonds. The average Bonchev–Trinajstić information content (AvgIpc) is 3.56. The molecule has 0 spiro atoms. The molecule has 0 aliphatic carbocycles. The van der Waals surface area contributed by atoms with Crippen molar-refractivity contribution in [3.63, 3.8) is 0 Å². The molecule has 1 aromatic carbocycles. The number of oxazole rings is 1. The van der Waals surface area contributed by atoms with Crippen LogP contribution in [0, 0.1) is 0 Å². The summed E-state index contributed by atoms with van der Waals surface area (Å²) in [5.74, 6) is -0.576. The van der Waals surface area contributed by atoms with Crippen LogP contribution in [0.25, 0.3) is 11.1 Å². The maximum Gasteiger partial charge on any atom is 0.419 e. The molecule has 0 unspecified atom stereocenters. The lowest BCUT2D eigenvalue weighted by molar-refractivity contribution is -0.134. The number of rotatable bonds is 6. The van der Waals surface area contributed by atoms with E-state index in [9.17, 15) is 18.0 Å². The van der Waals surface area contributed by atoms with Gasteiger partial charge in [0, 0.05) is 43.5 Å². The van der Waals surface area contributed by atoms with Crippen molar-refractivity contribution in [2.24, 2.45) is 0 Å². The third kappa shape index (κ3) is 3.94. The average molecular weight is 490 g/mol. The fraction of sp³-hybridized carbons (Fsp3) is 0.478. The van der Waals surface area contributed by atoms with E-state index in [2.05, 4.69) is 18.4 Å². The van der Waals surface area contributed by atoms with Gasteiger partial charge in [0.15, 0.2) is 5.58 Å². The van der Waals surface area contributed by atoms with Gasteiger partial charge in [-0.25, -0.2) is 13.2 Å². The normalized spacial score (nSPS) is 19.3. The highest BCUT2D eigenvalue weighted by Gasteiger charge is 2.31. The number of carbonyl (C=O) groups is 1. The maximum absolute atomic E-state index is 13.1. The third-order valence-electron chi connectivity index (χ3n) is 6.69. The van der Waals surface area contributed by atoms with E-state index in [-0.39, 0.29) is 35.4 Å². The first kappa shape index (κ1) is 22.4. The Bertz CT molecular complexity index is 1350. The van der Waals surface area contributed by atoms with Gasteiger partial charge in [-0.15, -0.1) is 11.3 Å². The van der Waals surface area contributed by atoms with Gasteiger partial charge in [0.05, 0.1) is 16.5 Å². The molecule has 10 heteroatoms. The molecule has 5 rings (SSSR count). The molecule has 33 heavy (non-hydrogen) atoms. The Labute approximate surface area is 196 Å². The van der Waals surface area contributed by atoms with E-state index >= 15 is 0 Å². The van der Waals surface area contributed by atoms with Crippen LogP contribution in [-0.2, 0) is 27.8 Å². The van der Waals surface area contributed by atoms with E-state index < -0.39 is 15.8 Å². The van der Waals surface area contributed by atoms with Gasteiger partial charge in [-0.1, -0.05) is 6.92 Å². The maximum atomic E-state index is 13.1. The molecule has 1 saturated heterocycles. The van der Waals surface area contributed by atoms with Crippen LogP contribution in [0.3, 0.4) is 0 Å². The first-order valence-corrected chi connectivity index (χ1v) is 13.7. The van der Waals surface area contributed by atoms with Crippen molar-refractivity contribution in [1.29, 1.82) is 0 Å². The highest BCUT2D eigenvalue weighted by molar-refractivity contribution is 7.89. The minimum Gasteiger partial charge on any atom is -0.408 e. The van der Waals surface area contributed by atoms with E-state index in [0.29, 0.717) is 25.2 Å². The summed E-state index contributed by atoms with van der Waals surface area (Å²) in [4.78, 5) is 29.0. The molecule has 1 atom stereocenters. The molecule has 176 valence electrons. The summed E-state index contributed by atoms with van der Waals surface area (Å²) >= 11 is 1.74. The van der Waals surface area contributed by atoms with Crippen LogP contribution in [0.5, 0.6) is 0 Å². The second-order valence-electron chi connectivity index (χ2n) is 8.57. The van der Waals surface area contributed by atoms with Gasteiger partial charge in [0.2, 0.25) is 15.9 Å². The standard InChI is InChI=1S/C23H27N3O5S2/c1-2-18-17-9-14-32-21(17)7-12-25(18)22(27)8-13-26-19-6-5-16(15-20(19)31-23(26)28)33(29,30)24-10-3-4-11-24/h5-6,9,14-15,18H,2-4,7-8,10-13H2,1H3/t18-/m1/s1. The number of nitrogens with zero attached hydrogens (tertiary/aromatic N) is 3. The highest BCUT2D eigenvalue weighted by Crippen LogP contribution is 2.35. The fourth-order valence-corrected chi connectivity index (χ4v) is 7.44. The van der Waals surface area contributed by atoms with Gasteiger partial charge in [0.25, 0.3) is 0 Å². The predicted octanol–water partition coefficient (Wildman–Crippen LogP) is 3.37. The Morgan fingerprint density at radius 3 is 2.73 bits per heavy atom. The zero-order chi connectivity index (χ0) is 23.2. The number of fused-ring (bicyclic) bond motifs is 2. The summed E-state index contributed by atoms with van der Waals surface area (Å²) in [6, 6.07) is 6.71. The molecule has 2 aliphatic heterocycles. The van der Waals surface area contributed by atoms with Gasteiger partial charge in [-0.05, 0) is 54.8 Å². The van der Waals surface area contributed by atoms with Gasteiger partial charge in [-0.3, -0.25) is 9.36 Å². The number of hydrogen-bond donors (Lipinski definition) is 0. The SMILES string of the molecule is CC[C@@H]1c2ccsc2CCN1C(=O)CCn1c(=O)oc2cc(S(=O)(=O)N3CCCC3)ccc21. The van der Waals surface area contributed by atoms with E-state index in [0.717, 1.165) is 25.7 Å². The van der Waals surface area contributed by atoms with Crippen molar-refractivity contribution in [3.8, 4) is 0 Å². The number of hydrogen-bond acceptors (Lipinski definition) is 6. The van der Waals surface area contributed by atoms with Crippen molar-refractivity contribution < 1.29 is 17.6 Å². The second-order valence-corrected chi connectivity index (χ2v) is 11.5. The lowest BCUT2D eigenvalue weighted by Crippen LogP contribution is -2.39. The van der Waals surface area contributed by atoms with Crippen LogP contribution in [-0.4, -0.2) is 47.7 Å². The quantitative estimate of drug-likeness (QED) is 0.529. The minimum absolute atomic E-state index is 0.00758. The predicted molar refractivity (Wildman–Crippen MR) is 126 cm³/mol. The smallest absolute Gasteiger partial charge is 0.408 e. The molecule has 0 saturated carbocycles. The number of thiophene rings is 1. The first-order valence-electron chi connectivity index (χ1n) is 11.4. The van der Waals surface area contributed by atoms with Crippen LogP contribution in [0.2, 0.25) is 0 Å². The van der Waals surface area contributed by atoms with E-state index in [4.69, 9.17) is 4.42 Å². The summed E-state index contributed by atoms with van der Waals surface area (Å²) in [6.07, 6.45) is 3.59. The Morgan fingerprint density at radius 1 is 1.18 bits per heavy atom. The van der Waals surface area contributed by atoms with Crippen LogP contribution >= 0.6 is 11.3 Å². The third-order valence-corrected chi connectivity index (χ3v) is 9.58. The van der Waals surface area contributed by atoms with E-state index in [1.807, 2.05) is 4.90 Å². The largest absolute Gasteiger partial charge is 0.419 e. The first-order chi connectivity index (χ1) is 15.9. The van der Waals surface area contributed by atoms with Gasteiger partial charge in [-0.2, -0.15) is 4.31 Å². The Balaban J connectivity index is 1.35. The van der Waals surface area contributed by atoms with Crippen molar-refractivity contribution in [3.05, 3.63) is 50.6 Å². The Kier molecular flexibility index (Phi) is 5.92. The molecule has 2 aromatic heterocycles. The summed E-state index contributed by atoms with van der Waals surface area (Å²) in [5, 5.41) is 2.08. The van der Waals surface area contributed by atoms with E-state index in [1.165, 1.54) is 31.4 Å². The van der Waals surface area contributed by atoms with Crippen LogP contribution in [0.15, 0.2) is 43.8 Å². The molecular weight excluding hydrogens is 462 g/mol. The number of aryl methyl sites for hydroxylation is 1. The minimum atomic E-state index is -3.60. The zero-order valence-corrected chi connectivity index (χ0v) is 20.2. The van der Waals surface area contributed by atoms with Crippen molar-refractivity contribution in [2.45, 2.75) is 56.5 Å². The van der Waals surface area contributed by atoms with Crippen LogP contribution in [0.1, 0.15) is 49.1 Å². The summed E-state index contributed by atoms with van der Waals surface area (Å²) in [6.45, 7) is 3.97. The van der Waals surface area contributed by atoms with Gasteiger partial charge >= 0.3 is 5.76 Å². The monoisotopic (exact) mass is 489 g/mol. The molecular formula is C23H27N3O5S2. The summed E-state index contributed by atoms with van der Waals surface area (Å²) < 4.78 is 33.9. The molecule has 8 nitrogen and oxygen atoms in total. The van der Waals surface area contributed by atoms with Crippen molar-refractivity contribution in [1.82, 2.24) is 13.8 Å². The number of benzene rings is 1. The Morgan fingerprint density at radius 2 is 1.97 bits per heavy atom. The molecule has 4 heterocycles. The van der Waals surface area contributed by atoms with Gasteiger partial charge in [0.1, 0.15) is 0 Å². The molecule has 2 aliphatic rings. The van der Waals surface area contributed by atoms with E-state index in [1.54, 1.807) is 17.4 Å². The van der Waals surface area contributed by atoms with Crippen molar-refractivity contribution in [2.75, 3.05) is 19.6 Å². The fourth-order valence-electron chi connectivity index (χ4n) is 4.98. The number of sulfonamides is 1. The number of aromatic nitrogens is 1. The summed E-state index contributed by atoms with van der Waals surface area (Å²) in [7, 11) is -3.60. The molecule has 0 bridgehead atoms. The van der Waals surface area contributed by atoms with Crippen molar-refractivity contribution >= 4 is 38.4 Å². The molecule has 0 N–H and O–H groups in total. The lowest BCUT2D eigenvalue weighted by Gasteiger charge is -2.35. The van der Waals surface area contributed by atoms with Gasteiger partial charge < -0.3 is 9.32 Å².